The zero-order valence-electron chi connectivity index (χ0n) is 13.2. The maximum atomic E-state index is 4.71. The molecule has 0 aliphatic carbocycles. The topological polar surface area (TPSA) is 43.1 Å². The smallest absolute Gasteiger partial charge is 0.0966 e. The van der Waals surface area contributed by atoms with E-state index in [0.717, 1.165) is 38.2 Å². The van der Waals surface area contributed by atoms with E-state index in [9.17, 15) is 0 Å². The van der Waals surface area contributed by atoms with E-state index in [1.165, 1.54) is 10.8 Å². The summed E-state index contributed by atoms with van der Waals surface area (Å²) in [7, 11) is 0. The minimum absolute atomic E-state index is 0.966. The van der Waals surface area contributed by atoms with Crippen LogP contribution in [0.3, 0.4) is 0 Å². The Morgan fingerprint density at radius 3 is 2.52 bits per heavy atom. The van der Waals surface area contributed by atoms with Gasteiger partial charge in [-0.05, 0) is 35.0 Å². The first-order chi connectivity index (χ1) is 12.4. The molecule has 0 aliphatic heterocycles. The van der Waals surface area contributed by atoms with Crippen molar-refractivity contribution in [1.82, 2.24) is 19.6 Å². The summed E-state index contributed by atoms with van der Waals surface area (Å²) in [4.78, 5) is 9.33. The molecular weight excluding hydrogens is 308 g/mol. The number of pyridine rings is 3. The summed E-state index contributed by atoms with van der Waals surface area (Å²) in [6.45, 7) is 0. The van der Waals surface area contributed by atoms with Crippen LogP contribution in [-0.4, -0.2) is 19.6 Å². The summed E-state index contributed by atoms with van der Waals surface area (Å²) in [5.74, 6) is 0. The zero-order valence-corrected chi connectivity index (χ0v) is 13.2. The SMILES string of the molecule is c1ccc2cc3c(cc2c1)ncc1c3c2cccnc2c2ccnn21. The van der Waals surface area contributed by atoms with Gasteiger partial charge in [0, 0.05) is 22.4 Å². The molecule has 0 saturated carbocycles. The molecule has 6 aromatic rings. The van der Waals surface area contributed by atoms with Crippen LogP contribution in [0.25, 0.3) is 49.0 Å². The Kier molecular flexibility index (Phi) is 2.32. The molecule has 0 saturated heterocycles. The molecule has 0 atom stereocenters. The highest BCUT2D eigenvalue weighted by molar-refractivity contribution is 6.21. The van der Waals surface area contributed by atoms with Gasteiger partial charge in [0.25, 0.3) is 0 Å². The molecule has 0 bridgehead atoms. The average Bonchev–Trinajstić information content (AvgIpc) is 3.16. The number of fused-ring (bicyclic) bond motifs is 9. The normalized spacial score (nSPS) is 12.0. The Balaban J connectivity index is 1.98. The molecule has 0 radical (unpaired) electrons. The van der Waals surface area contributed by atoms with Gasteiger partial charge in [0.05, 0.1) is 34.5 Å². The third-order valence-corrected chi connectivity index (χ3v) is 4.91. The van der Waals surface area contributed by atoms with Gasteiger partial charge in [-0.3, -0.25) is 9.97 Å². The van der Waals surface area contributed by atoms with Gasteiger partial charge < -0.3 is 0 Å². The predicted octanol–water partition coefficient (Wildman–Crippen LogP) is 4.74. The predicted molar refractivity (Wildman–Crippen MR) is 101 cm³/mol. The van der Waals surface area contributed by atoms with Crippen molar-refractivity contribution in [2.45, 2.75) is 0 Å². The molecule has 0 spiro atoms. The van der Waals surface area contributed by atoms with Crippen LogP contribution in [0.4, 0.5) is 0 Å². The second-order valence-corrected chi connectivity index (χ2v) is 6.26. The van der Waals surface area contributed by atoms with Crippen LogP contribution in [0.15, 0.2) is 73.2 Å². The van der Waals surface area contributed by atoms with Crippen molar-refractivity contribution in [3.63, 3.8) is 0 Å². The summed E-state index contributed by atoms with van der Waals surface area (Å²) in [6, 6.07) is 18.9. The first kappa shape index (κ1) is 12.8. The number of nitrogens with zero attached hydrogens (tertiary/aromatic N) is 4. The lowest BCUT2D eigenvalue weighted by Gasteiger charge is -2.10. The van der Waals surface area contributed by atoms with Gasteiger partial charge in [0.1, 0.15) is 0 Å². The van der Waals surface area contributed by atoms with Crippen LogP contribution < -0.4 is 0 Å². The Hall–Kier alpha value is -3.53. The first-order valence-corrected chi connectivity index (χ1v) is 8.22. The fraction of sp³-hybridized carbons (Fsp3) is 0. The van der Waals surface area contributed by atoms with Gasteiger partial charge in [0.2, 0.25) is 0 Å². The Morgan fingerprint density at radius 2 is 1.60 bits per heavy atom. The highest BCUT2D eigenvalue weighted by atomic mass is 15.2. The van der Waals surface area contributed by atoms with Crippen LogP contribution in [-0.2, 0) is 0 Å². The number of rotatable bonds is 0. The molecular formula is C21H12N4. The van der Waals surface area contributed by atoms with Gasteiger partial charge in [-0.25, -0.2) is 4.52 Å². The summed E-state index contributed by atoms with van der Waals surface area (Å²) < 4.78 is 1.94. The molecule has 0 amide bonds. The second-order valence-electron chi connectivity index (χ2n) is 6.26. The standard InChI is InChI=1S/C21H12N4/c1-2-5-14-11-17-16(10-13(14)4-1)20-15-6-3-8-22-21(15)18-7-9-24-25(18)19(20)12-23-17/h1-12H. The molecule has 0 aliphatic rings. The number of benzene rings is 2. The molecule has 4 aromatic heterocycles. The fourth-order valence-electron chi connectivity index (χ4n) is 3.80. The zero-order chi connectivity index (χ0) is 16.4. The molecule has 4 heteroatoms. The summed E-state index contributed by atoms with van der Waals surface area (Å²) in [6.07, 6.45) is 5.56. The molecule has 116 valence electrons. The number of aromatic nitrogens is 4. The lowest BCUT2D eigenvalue weighted by atomic mass is 10.0. The molecule has 4 heterocycles. The van der Waals surface area contributed by atoms with Crippen molar-refractivity contribution in [2.75, 3.05) is 0 Å². The second kappa shape index (κ2) is 4.51. The molecule has 0 fully saturated rings. The van der Waals surface area contributed by atoms with Crippen molar-refractivity contribution in [2.24, 2.45) is 0 Å². The first-order valence-electron chi connectivity index (χ1n) is 8.22. The lowest BCUT2D eigenvalue weighted by molar-refractivity contribution is 1.00. The molecule has 0 unspecified atom stereocenters. The van der Waals surface area contributed by atoms with E-state index in [2.05, 4.69) is 52.5 Å². The van der Waals surface area contributed by atoms with Crippen LogP contribution in [0.5, 0.6) is 0 Å². The summed E-state index contributed by atoms with van der Waals surface area (Å²) >= 11 is 0. The van der Waals surface area contributed by atoms with Crippen molar-refractivity contribution in [1.29, 1.82) is 0 Å². The van der Waals surface area contributed by atoms with Crippen molar-refractivity contribution in [3.8, 4) is 0 Å². The van der Waals surface area contributed by atoms with Crippen LogP contribution >= 0.6 is 0 Å². The maximum Gasteiger partial charge on any atom is 0.0966 e. The summed E-state index contributed by atoms with van der Waals surface area (Å²) in [5, 5.41) is 10.3. The molecule has 0 N–H and O–H groups in total. The highest BCUT2D eigenvalue weighted by Gasteiger charge is 2.13. The minimum atomic E-state index is 0.966. The number of hydrogen-bond acceptors (Lipinski definition) is 3. The Morgan fingerprint density at radius 1 is 0.720 bits per heavy atom. The van der Waals surface area contributed by atoms with E-state index in [0.29, 0.717) is 0 Å². The third kappa shape index (κ3) is 1.63. The van der Waals surface area contributed by atoms with Gasteiger partial charge in [-0.15, -0.1) is 0 Å². The lowest BCUT2D eigenvalue weighted by Crippen LogP contribution is -1.95. The molecule has 2 aromatic carbocycles. The van der Waals surface area contributed by atoms with Gasteiger partial charge in [-0.1, -0.05) is 30.3 Å². The molecule has 4 nitrogen and oxygen atoms in total. The van der Waals surface area contributed by atoms with Gasteiger partial charge >= 0.3 is 0 Å². The quantitative estimate of drug-likeness (QED) is 0.300. The van der Waals surface area contributed by atoms with E-state index < -0.39 is 0 Å². The summed E-state index contributed by atoms with van der Waals surface area (Å²) in [5.41, 5.74) is 3.96. The Labute approximate surface area is 142 Å². The van der Waals surface area contributed by atoms with Crippen LogP contribution in [0.1, 0.15) is 0 Å². The van der Waals surface area contributed by atoms with Gasteiger partial charge in [-0.2, -0.15) is 5.10 Å². The van der Waals surface area contributed by atoms with Gasteiger partial charge in [0.15, 0.2) is 0 Å². The number of hydrogen-bond donors (Lipinski definition) is 0. The van der Waals surface area contributed by atoms with E-state index >= 15 is 0 Å². The minimum Gasteiger partial charge on any atom is -0.254 e. The molecule has 6 rings (SSSR count). The fourth-order valence-corrected chi connectivity index (χ4v) is 3.80. The third-order valence-electron chi connectivity index (χ3n) is 4.91. The van der Waals surface area contributed by atoms with E-state index in [-0.39, 0.29) is 0 Å². The van der Waals surface area contributed by atoms with Crippen molar-refractivity contribution >= 4 is 49.0 Å². The maximum absolute atomic E-state index is 4.71. The monoisotopic (exact) mass is 320 g/mol. The van der Waals surface area contributed by atoms with E-state index in [1.54, 1.807) is 0 Å². The average molecular weight is 320 g/mol. The van der Waals surface area contributed by atoms with Crippen LogP contribution in [0, 0.1) is 0 Å². The largest absolute Gasteiger partial charge is 0.254 e. The van der Waals surface area contributed by atoms with Crippen molar-refractivity contribution in [3.05, 3.63) is 73.2 Å². The van der Waals surface area contributed by atoms with E-state index in [1.807, 2.05) is 35.2 Å². The highest BCUT2D eigenvalue weighted by Crippen LogP contribution is 2.34. The van der Waals surface area contributed by atoms with E-state index in [4.69, 9.17) is 4.98 Å². The van der Waals surface area contributed by atoms with Crippen LogP contribution in [0.2, 0.25) is 0 Å². The van der Waals surface area contributed by atoms with Crippen molar-refractivity contribution < 1.29 is 0 Å². The Bertz CT molecular complexity index is 1450. The molecule has 25 heavy (non-hydrogen) atoms.